The summed E-state index contributed by atoms with van der Waals surface area (Å²) in [4.78, 5) is 27.3. The van der Waals surface area contributed by atoms with E-state index in [1.54, 1.807) is 19.2 Å². The molecule has 0 saturated heterocycles. The largest absolute Gasteiger partial charge is 0.478 e. The summed E-state index contributed by atoms with van der Waals surface area (Å²) in [6.45, 7) is 0. The second-order valence-corrected chi connectivity index (χ2v) is 4.65. The molecule has 0 aromatic carbocycles. The van der Waals surface area contributed by atoms with E-state index in [1.165, 1.54) is 28.4 Å². The van der Waals surface area contributed by atoms with Crippen LogP contribution in [0.2, 0.25) is 0 Å². The van der Waals surface area contributed by atoms with Crippen LogP contribution in [0.4, 0.5) is 5.95 Å². The summed E-state index contributed by atoms with van der Waals surface area (Å²) in [6, 6.07) is 3.30. The molecule has 0 atom stereocenters. The molecule has 0 aliphatic rings. The molecule has 8 heteroatoms. The number of carboxylic acids is 1. The van der Waals surface area contributed by atoms with Crippen LogP contribution < -0.4 is 5.32 Å². The molecule has 2 aromatic rings. The first kappa shape index (κ1) is 13.0. The highest BCUT2D eigenvalue weighted by atomic mass is 32.1. The molecule has 0 fully saturated rings. The third-order valence-corrected chi connectivity index (χ3v) is 3.23. The van der Waals surface area contributed by atoms with Gasteiger partial charge in [-0.1, -0.05) is 0 Å². The van der Waals surface area contributed by atoms with Gasteiger partial charge in [0.15, 0.2) is 0 Å². The second kappa shape index (κ2) is 5.44. The number of aromatic nitrogens is 3. The third-order valence-electron chi connectivity index (χ3n) is 2.18. The fraction of sp³-hybridized carbons (Fsp3) is 0.0909. The molecule has 7 nitrogen and oxygen atoms in total. The number of aliphatic carboxylic acids is 1. The number of hydrogen-bond donors (Lipinski definition) is 2. The Morgan fingerprint density at radius 1 is 1.47 bits per heavy atom. The Hall–Kier alpha value is -2.48. The molecule has 1 amide bonds. The molecular weight excluding hydrogens is 268 g/mol. The first-order valence-corrected chi connectivity index (χ1v) is 6.04. The summed E-state index contributed by atoms with van der Waals surface area (Å²) in [5.41, 5.74) is 0. The van der Waals surface area contributed by atoms with Crippen molar-refractivity contribution in [1.29, 1.82) is 0 Å². The predicted octanol–water partition coefficient (Wildman–Crippen LogP) is 1.23. The molecule has 0 spiro atoms. The van der Waals surface area contributed by atoms with Gasteiger partial charge in [0.2, 0.25) is 5.95 Å². The smallest absolute Gasteiger partial charge is 0.328 e. The fourth-order valence-electron chi connectivity index (χ4n) is 1.29. The topological polar surface area (TPSA) is 97.1 Å². The van der Waals surface area contributed by atoms with E-state index in [-0.39, 0.29) is 5.91 Å². The van der Waals surface area contributed by atoms with Crippen LogP contribution in [0.3, 0.4) is 0 Å². The Morgan fingerprint density at radius 3 is 2.89 bits per heavy atom. The summed E-state index contributed by atoms with van der Waals surface area (Å²) < 4.78 is 1.44. The number of carboxylic acid groups (broad SMARTS) is 1. The molecule has 2 rings (SSSR count). The standard InChI is InChI=1S/C11H10N4O3S/c1-15-11(12-6-13-15)14-10(18)8-4-2-7(19-8)3-5-9(16)17/h2-6H,1H3,(H,16,17)(H,12,13,14,18)/b5-3+. The van der Waals surface area contributed by atoms with Crippen molar-refractivity contribution in [3.05, 3.63) is 34.3 Å². The zero-order valence-corrected chi connectivity index (χ0v) is 10.7. The van der Waals surface area contributed by atoms with Crippen molar-refractivity contribution in [1.82, 2.24) is 14.8 Å². The lowest BCUT2D eigenvalue weighted by Crippen LogP contribution is -2.13. The van der Waals surface area contributed by atoms with Crippen molar-refractivity contribution in [2.45, 2.75) is 0 Å². The van der Waals surface area contributed by atoms with Crippen LogP contribution in [0.25, 0.3) is 6.08 Å². The van der Waals surface area contributed by atoms with E-state index in [0.29, 0.717) is 15.7 Å². The number of nitrogens with zero attached hydrogens (tertiary/aromatic N) is 3. The minimum atomic E-state index is -1.03. The van der Waals surface area contributed by atoms with Gasteiger partial charge in [0.05, 0.1) is 4.88 Å². The molecule has 2 N–H and O–H groups in total. The lowest BCUT2D eigenvalue weighted by Gasteiger charge is -2.00. The average molecular weight is 278 g/mol. The highest BCUT2D eigenvalue weighted by Gasteiger charge is 2.11. The van der Waals surface area contributed by atoms with Crippen LogP contribution in [0, 0.1) is 0 Å². The number of carbonyl (C=O) groups excluding carboxylic acids is 1. The van der Waals surface area contributed by atoms with Crippen molar-refractivity contribution in [2.75, 3.05) is 5.32 Å². The van der Waals surface area contributed by atoms with Crippen LogP contribution in [-0.2, 0) is 11.8 Å². The van der Waals surface area contributed by atoms with E-state index >= 15 is 0 Å². The zero-order chi connectivity index (χ0) is 13.8. The van der Waals surface area contributed by atoms with Gasteiger partial charge in [-0.3, -0.25) is 10.1 Å². The first-order valence-electron chi connectivity index (χ1n) is 5.22. The molecule has 0 unspecified atom stereocenters. The van der Waals surface area contributed by atoms with Crippen LogP contribution in [0.15, 0.2) is 24.5 Å². The Balaban J connectivity index is 2.08. The van der Waals surface area contributed by atoms with E-state index in [4.69, 9.17) is 5.11 Å². The molecule has 2 aromatic heterocycles. The molecule has 0 aliphatic heterocycles. The Kier molecular flexibility index (Phi) is 3.71. The van der Waals surface area contributed by atoms with Crippen molar-refractivity contribution in [3.63, 3.8) is 0 Å². The summed E-state index contributed by atoms with van der Waals surface area (Å²) >= 11 is 1.19. The number of hydrogen-bond acceptors (Lipinski definition) is 5. The molecule has 0 radical (unpaired) electrons. The van der Waals surface area contributed by atoms with Gasteiger partial charge in [-0.05, 0) is 18.2 Å². The zero-order valence-electron chi connectivity index (χ0n) is 9.90. The molecule has 0 bridgehead atoms. The maximum absolute atomic E-state index is 11.9. The van der Waals surface area contributed by atoms with Gasteiger partial charge in [0, 0.05) is 18.0 Å². The van der Waals surface area contributed by atoms with Crippen LogP contribution in [0.1, 0.15) is 14.5 Å². The van der Waals surface area contributed by atoms with Gasteiger partial charge in [-0.2, -0.15) is 10.1 Å². The number of carbonyl (C=O) groups is 2. The number of rotatable bonds is 4. The van der Waals surface area contributed by atoms with E-state index in [0.717, 1.165) is 6.08 Å². The van der Waals surface area contributed by atoms with E-state index in [9.17, 15) is 9.59 Å². The van der Waals surface area contributed by atoms with E-state index < -0.39 is 5.97 Å². The predicted molar refractivity (Wildman–Crippen MR) is 69.9 cm³/mol. The van der Waals surface area contributed by atoms with Gasteiger partial charge in [-0.15, -0.1) is 11.3 Å². The van der Waals surface area contributed by atoms with Gasteiger partial charge < -0.3 is 5.11 Å². The highest BCUT2D eigenvalue weighted by molar-refractivity contribution is 7.15. The number of thiophene rings is 1. The summed E-state index contributed by atoms with van der Waals surface area (Å²) in [6.07, 6.45) is 3.80. The van der Waals surface area contributed by atoms with Gasteiger partial charge in [-0.25, -0.2) is 9.48 Å². The van der Waals surface area contributed by atoms with E-state index in [1.807, 2.05) is 0 Å². The summed E-state index contributed by atoms with van der Waals surface area (Å²) in [5.74, 6) is -0.990. The van der Waals surface area contributed by atoms with Crippen molar-refractivity contribution in [2.24, 2.45) is 7.05 Å². The molecule has 19 heavy (non-hydrogen) atoms. The minimum absolute atomic E-state index is 0.309. The number of anilines is 1. The molecule has 2 heterocycles. The fourth-order valence-corrected chi connectivity index (χ4v) is 2.10. The van der Waals surface area contributed by atoms with Gasteiger partial charge in [0.25, 0.3) is 5.91 Å². The molecular formula is C11H10N4O3S. The third kappa shape index (κ3) is 3.26. The molecule has 0 aliphatic carbocycles. The molecule has 0 saturated carbocycles. The lowest BCUT2D eigenvalue weighted by atomic mass is 10.4. The summed E-state index contributed by atoms with van der Waals surface area (Å²) in [5, 5.41) is 15.0. The lowest BCUT2D eigenvalue weighted by molar-refractivity contribution is -0.131. The van der Waals surface area contributed by atoms with Crippen molar-refractivity contribution >= 4 is 35.2 Å². The number of nitrogens with one attached hydrogen (secondary N) is 1. The number of aryl methyl sites for hydroxylation is 1. The highest BCUT2D eigenvalue weighted by Crippen LogP contribution is 2.19. The van der Waals surface area contributed by atoms with Gasteiger partial charge >= 0.3 is 5.97 Å². The quantitative estimate of drug-likeness (QED) is 0.820. The SMILES string of the molecule is Cn1ncnc1NC(=O)c1ccc(/C=C/C(=O)O)s1. The summed E-state index contributed by atoms with van der Waals surface area (Å²) in [7, 11) is 1.66. The Bertz CT molecular complexity index is 644. The van der Waals surface area contributed by atoms with Crippen LogP contribution in [0.5, 0.6) is 0 Å². The van der Waals surface area contributed by atoms with Crippen molar-refractivity contribution in [3.8, 4) is 0 Å². The molecule has 98 valence electrons. The monoisotopic (exact) mass is 278 g/mol. The minimum Gasteiger partial charge on any atom is -0.478 e. The van der Waals surface area contributed by atoms with E-state index in [2.05, 4.69) is 15.4 Å². The van der Waals surface area contributed by atoms with Crippen LogP contribution >= 0.6 is 11.3 Å². The second-order valence-electron chi connectivity index (χ2n) is 3.53. The average Bonchev–Trinajstić information content (AvgIpc) is 2.97. The number of amides is 1. The maximum Gasteiger partial charge on any atom is 0.328 e. The maximum atomic E-state index is 11.9. The van der Waals surface area contributed by atoms with Crippen LogP contribution in [-0.4, -0.2) is 31.7 Å². The Labute approximate surface area is 112 Å². The van der Waals surface area contributed by atoms with Crippen molar-refractivity contribution < 1.29 is 14.7 Å². The first-order chi connectivity index (χ1) is 9.06. The normalized spacial score (nSPS) is 10.8. The Morgan fingerprint density at radius 2 is 2.26 bits per heavy atom. The van der Waals surface area contributed by atoms with Gasteiger partial charge in [0.1, 0.15) is 6.33 Å².